The first-order valence-electron chi connectivity index (χ1n) is 12.5. The van der Waals surface area contributed by atoms with E-state index in [0.717, 1.165) is 23.8 Å². The van der Waals surface area contributed by atoms with E-state index in [1.165, 1.54) is 12.1 Å². The Morgan fingerprint density at radius 3 is 2.15 bits per heavy atom. The molecule has 0 saturated heterocycles. The number of aromatic nitrogens is 1. The number of nitrogens with zero attached hydrogens (tertiary/aromatic N) is 1. The smallest absolute Gasteiger partial charge is 0.333 e. The van der Waals surface area contributed by atoms with Crippen LogP contribution >= 0.6 is 11.3 Å². The zero-order chi connectivity index (χ0) is 30.2. The number of ether oxygens (including phenoxy) is 1. The molecule has 2 heterocycles. The molecule has 0 radical (unpaired) electrons. The van der Waals surface area contributed by atoms with Gasteiger partial charge < -0.3 is 20.7 Å². The normalized spacial score (nSPS) is 11.8. The Hall–Kier alpha value is -4.14. The molecule has 0 aliphatic heterocycles. The minimum absolute atomic E-state index is 0.0146. The van der Waals surface area contributed by atoms with Gasteiger partial charge in [-0.15, -0.1) is 11.3 Å². The summed E-state index contributed by atoms with van der Waals surface area (Å²) < 4.78 is 33.3. The Balaban J connectivity index is 1.63. The maximum absolute atomic E-state index is 13.2. The van der Waals surface area contributed by atoms with Crippen molar-refractivity contribution < 1.29 is 32.3 Å². The molecule has 12 nitrogen and oxygen atoms in total. The lowest BCUT2D eigenvalue weighted by Gasteiger charge is -2.19. The molecular weight excluding hydrogens is 570 g/mol. The Kier molecular flexibility index (Phi) is 10.7. The number of carbonyl (C=O) groups is 4. The molecule has 0 fully saturated rings. The number of pyridine rings is 1. The van der Waals surface area contributed by atoms with Crippen LogP contribution < -0.4 is 20.7 Å². The van der Waals surface area contributed by atoms with Crippen LogP contribution in [0.4, 0.5) is 5.82 Å². The van der Waals surface area contributed by atoms with E-state index >= 15 is 0 Å². The summed E-state index contributed by atoms with van der Waals surface area (Å²) >= 11 is 0.924. The van der Waals surface area contributed by atoms with Crippen LogP contribution in [-0.2, 0) is 24.3 Å². The highest BCUT2D eigenvalue weighted by Gasteiger charge is 2.30. The lowest BCUT2D eigenvalue weighted by molar-refractivity contribution is -0.159. The van der Waals surface area contributed by atoms with Gasteiger partial charge in [-0.05, 0) is 56.2 Å². The van der Waals surface area contributed by atoms with E-state index in [9.17, 15) is 27.6 Å². The predicted molar refractivity (Wildman–Crippen MR) is 153 cm³/mol. The van der Waals surface area contributed by atoms with Gasteiger partial charge in [-0.25, -0.2) is 18.2 Å². The van der Waals surface area contributed by atoms with Crippen LogP contribution in [0.2, 0.25) is 0 Å². The second-order valence-electron chi connectivity index (χ2n) is 9.09. The first-order chi connectivity index (χ1) is 19.4. The van der Waals surface area contributed by atoms with Gasteiger partial charge in [0.15, 0.2) is 0 Å². The molecule has 0 aliphatic rings. The molecule has 3 aromatic rings. The van der Waals surface area contributed by atoms with Crippen molar-refractivity contribution in [3.63, 3.8) is 0 Å². The molecule has 0 bridgehead atoms. The van der Waals surface area contributed by atoms with Crippen LogP contribution in [0.3, 0.4) is 0 Å². The van der Waals surface area contributed by atoms with Crippen molar-refractivity contribution in [3.05, 3.63) is 75.1 Å². The van der Waals surface area contributed by atoms with Crippen molar-refractivity contribution in [1.29, 1.82) is 0 Å². The number of nitrogens with one attached hydrogen (secondary N) is 4. The SMILES string of the molecule is CC(=O)OC(=O)C(CNC(=O)c1ccc(C(=O)NCCNc2ccccn2)s1)NS(=O)(=O)c1c(C)cc(C)cc1C. The number of esters is 2. The number of thiophene rings is 1. The lowest BCUT2D eigenvalue weighted by Crippen LogP contribution is -2.49. The first-order valence-corrected chi connectivity index (χ1v) is 14.8. The van der Waals surface area contributed by atoms with E-state index in [0.29, 0.717) is 30.0 Å². The number of carbonyl (C=O) groups excluding carboxylic acids is 4. The fourth-order valence-corrected chi connectivity index (χ4v) is 6.48. The number of rotatable bonds is 12. The molecule has 0 aliphatic carbocycles. The Bertz CT molecular complexity index is 1520. The zero-order valence-electron chi connectivity index (χ0n) is 22.9. The van der Waals surface area contributed by atoms with Gasteiger partial charge in [0.05, 0.1) is 14.6 Å². The third kappa shape index (κ3) is 8.93. The van der Waals surface area contributed by atoms with Gasteiger partial charge in [0, 0.05) is 32.8 Å². The molecule has 4 N–H and O–H groups in total. The fraction of sp³-hybridized carbons (Fsp3) is 0.296. The van der Waals surface area contributed by atoms with Crippen LogP contribution in [-0.4, -0.2) is 62.8 Å². The zero-order valence-corrected chi connectivity index (χ0v) is 24.6. The van der Waals surface area contributed by atoms with E-state index < -0.39 is 40.5 Å². The van der Waals surface area contributed by atoms with Gasteiger partial charge in [0.1, 0.15) is 11.9 Å². The second kappa shape index (κ2) is 14.0. The molecule has 41 heavy (non-hydrogen) atoms. The summed E-state index contributed by atoms with van der Waals surface area (Å²) in [5.41, 5.74) is 1.80. The van der Waals surface area contributed by atoms with Crippen molar-refractivity contribution in [1.82, 2.24) is 20.3 Å². The number of sulfonamides is 1. The Morgan fingerprint density at radius 1 is 0.927 bits per heavy atom. The molecule has 218 valence electrons. The Labute approximate surface area is 242 Å². The molecule has 1 unspecified atom stereocenters. The molecule has 14 heteroatoms. The molecule has 3 rings (SSSR count). The summed E-state index contributed by atoms with van der Waals surface area (Å²) in [6.07, 6.45) is 1.65. The molecule has 1 aromatic carbocycles. The van der Waals surface area contributed by atoms with Crippen LogP contribution in [0.25, 0.3) is 0 Å². The third-order valence-corrected chi connectivity index (χ3v) is 8.46. The molecule has 2 amide bonds. The van der Waals surface area contributed by atoms with Crippen molar-refractivity contribution in [2.75, 3.05) is 25.0 Å². The Morgan fingerprint density at radius 2 is 1.56 bits per heavy atom. The van der Waals surface area contributed by atoms with Gasteiger partial charge >= 0.3 is 11.9 Å². The highest BCUT2D eigenvalue weighted by molar-refractivity contribution is 7.89. The third-order valence-electron chi connectivity index (χ3n) is 5.60. The molecule has 2 aromatic heterocycles. The molecule has 0 spiro atoms. The van der Waals surface area contributed by atoms with E-state index in [-0.39, 0.29) is 20.6 Å². The number of hydrogen-bond donors (Lipinski definition) is 4. The summed E-state index contributed by atoms with van der Waals surface area (Å²) in [5.74, 6) is -2.45. The minimum atomic E-state index is -4.24. The minimum Gasteiger partial charge on any atom is -0.392 e. The number of benzene rings is 1. The molecule has 0 saturated carbocycles. The van der Waals surface area contributed by atoms with Crippen LogP contribution in [0.15, 0.2) is 53.6 Å². The van der Waals surface area contributed by atoms with E-state index in [1.807, 2.05) is 13.0 Å². The van der Waals surface area contributed by atoms with Crippen LogP contribution in [0.1, 0.15) is 43.0 Å². The van der Waals surface area contributed by atoms with Crippen molar-refractivity contribution >= 4 is 50.9 Å². The highest BCUT2D eigenvalue weighted by Crippen LogP contribution is 2.22. The number of amides is 2. The average Bonchev–Trinajstić information content (AvgIpc) is 3.39. The van der Waals surface area contributed by atoms with Gasteiger partial charge in [-0.3, -0.25) is 14.4 Å². The van der Waals surface area contributed by atoms with Crippen molar-refractivity contribution in [3.8, 4) is 0 Å². The van der Waals surface area contributed by atoms with Crippen molar-refractivity contribution in [2.24, 2.45) is 0 Å². The van der Waals surface area contributed by atoms with Gasteiger partial charge in [-0.1, -0.05) is 23.8 Å². The largest absolute Gasteiger partial charge is 0.392 e. The summed E-state index contributed by atoms with van der Waals surface area (Å²) in [6.45, 7) is 6.33. The average molecular weight is 602 g/mol. The quantitative estimate of drug-likeness (QED) is 0.138. The molecule has 1 atom stereocenters. The summed E-state index contributed by atoms with van der Waals surface area (Å²) in [5, 5.41) is 8.27. The van der Waals surface area contributed by atoms with Crippen LogP contribution in [0.5, 0.6) is 0 Å². The van der Waals surface area contributed by atoms with Gasteiger partial charge in [0.2, 0.25) is 10.0 Å². The predicted octanol–water partition coefficient (Wildman–Crippen LogP) is 2.08. The monoisotopic (exact) mass is 601 g/mol. The number of hydrogen-bond acceptors (Lipinski definition) is 10. The molecular formula is C27H31N5O7S2. The topological polar surface area (TPSA) is 173 Å². The number of anilines is 1. The summed E-state index contributed by atoms with van der Waals surface area (Å²) in [7, 11) is -4.24. The summed E-state index contributed by atoms with van der Waals surface area (Å²) in [4.78, 5) is 53.8. The maximum atomic E-state index is 13.2. The summed E-state index contributed by atoms with van der Waals surface area (Å²) in [6, 6.07) is 10.1. The maximum Gasteiger partial charge on any atom is 0.333 e. The van der Waals surface area contributed by atoms with E-state index in [1.54, 1.807) is 44.3 Å². The second-order valence-corrected chi connectivity index (χ2v) is 11.8. The van der Waals surface area contributed by atoms with E-state index in [4.69, 9.17) is 0 Å². The highest BCUT2D eigenvalue weighted by atomic mass is 32.2. The van der Waals surface area contributed by atoms with E-state index in [2.05, 4.69) is 30.4 Å². The fourth-order valence-electron chi connectivity index (χ4n) is 4.01. The van der Waals surface area contributed by atoms with Gasteiger partial charge in [0.25, 0.3) is 11.8 Å². The van der Waals surface area contributed by atoms with Gasteiger partial charge in [-0.2, -0.15) is 4.72 Å². The number of aryl methyl sites for hydroxylation is 3. The first kappa shape index (κ1) is 31.4. The van der Waals surface area contributed by atoms with Crippen molar-refractivity contribution in [2.45, 2.75) is 38.6 Å². The lowest BCUT2D eigenvalue weighted by atomic mass is 10.1. The van der Waals surface area contributed by atoms with Crippen LogP contribution in [0, 0.1) is 20.8 Å². The standard InChI is InChI=1S/C27H31N5O7S2/c1-16-13-17(2)24(18(3)14-16)41(37,38)32-20(27(36)39-19(4)33)15-31-26(35)22-9-8-21(40-22)25(34)30-12-11-29-23-7-5-6-10-28-23/h5-10,13-14,20,32H,11-12,15H2,1-4H3,(H,28,29)(H,30,34)(H,31,35).